The second kappa shape index (κ2) is 8.22. The molecule has 1 aromatic rings. The average Bonchev–Trinajstić information content (AvgIpc) is 2.96. The van der Waals surface area contributed by atoms with Crippen molar-refractivity contribution >= 4 is 23.3 Å². The van der Waals surface area contributed by atoms with E-state index in [-0.39, 0.29) is 24.0 Å². The maximum Gasteiger partial charge on any atom is 0.410 e. The molecule has 2 atom stereocenters. The highest BCUT2D eigenvalue weighted by molar-refractivity contribution is 7.80. The summed E-state index contributed by atoms with van der Waals surface area (Å²) in [6, 6.07) is 6.67. The summed E-state index contributed by atoms with van der Waals surface area (Å²) in [4.78, 5) is 16.8. The predicted molar refractivity (Wildman–Crippen MR) is 104 cm³/mol. The summed E-state index contributed by atoms with van der Waals surface area (Å²) in [5, 5.41) is 9.35. The van der Waals surface area contributed by atoms with Crippen LogP contribution in [0.3, 0.4) is 0 Å². The molecule has 0 bridgehead atoms. The average molecular weight is 381 g/mol. The lowest BCUT2D eigenvalue weighted by Gasteiger charge is -2.30. The van der Waals surface area contributed by atoms with Gasteiger partial charge in [0.2, 0.25) is 0 Å². The Kier molecular flexibility index (Phi) is 6.47. The summed E-state index contributed by atoms with van der Waals surface area (Å²) < 4.78 is 11.5. The van der Waals surface area contributed by atoms with Crippen LogP contribution < -0.4 is 0 Å². The van der Waals surface area contributed by atoms with Gasteiger partial charge in [0.05, 0.1) is 25.3 Å². The molecular weight excluding hydrogens is 352 g/mol. The molecule has 1 N–H and O–H groups in total. The third-order valence-electron chi connectivity index (χ3n) is 4.04. The van der Waals surface area contributed by atoms with Crippen LogP contribution in [0.2, 0.25) is 0 Å². The van der Waals surface area contributed by atoms with Gasteiger partial charge in [-0.3, -0.25) is 4.90 Å². The van der Waals surface area contributed by atoms with E-state index in [2.05, 4.69) is 0 Å². The number of hydrogen-bond acceptors (Lipinski definition) is 5. The Hall–Kier alpha value is -1.86. The van der Waals surface area contributed by atoms with Crippen molar-refractivity contribution < 1.29 is 19.4 Å². The van der Waals surface area contributed by atoms with Gasteiger partial charge in [0.25, 0.3) is 0 Å². The lowest BCUT2D eigenvalue weighted by molar-refractivity contribution is 0.0169. The largest absolute Gasteiger partial charge is 0.508 e. The van der Waals surface area contributed by atoms with Gasteiger partial charge in [-0.2, -0.15) is 0 Å². The molecule has 7 heteroatoms. The van der Waals surface area contributed by atoms with E-state index in [4.69, 9.17) is 21.7 Å². The van der Waals surface area contributed by atoms with Gasteiger partial charge >= 0.3 is 6.09 Å². The van der Waals surface area contributed by atoms with Gasteiger partial charge in [-0.1, -0.05) is 24.4 Å². The van der Waals surface area contributed by atoms with Crippen LogP contribution in [0.15, 0.2) is 24.3 Å². The van der Waals surface area contributed by atoms with E-state index in [1.165, 1.54) is 0 Å². The highest BCUT2D eigenvalue weighted by atomic mass is 32.1. The van der Waals surface area contributed by atoms with Gasteiger partial charge < -0.3 is 19.5 Å². The molecule has 0 aromatic heterocycles. The number of likely N-dealkylation sites (N-methyl/N-ethyl adjacent to an activating group) is 1. The van der Waals surface area contributed by atoms with Gasteiger partial charge in [0.15, 0.2) is 0 Å². The van der Waals surface area contributed by atoms with E-state index in [1.807, 2.05) is 51.9 Å². The zero-order chi connectivity index (χ0) is 19.5. The molecule has 1 aliphatic rings. The van der Waals surface area contributed by atoms with Crippen molar-refractivity contribution in [1.82, 2.24) is 9.80 Å². The van der Waals surface area contributed by atoms with Crippen molar-refractivity contribution in [3.8, 4) is 5.75 Å². The third-order valence-corrected chi connectivity index (χ3v) is 4.68. The van der Waals surface area contributed by atoms with Crippen LogP contribution in [-0.4, -0.2) is 64.4 Å². The van der Waals surface area contributed by atoms with Gasteiger partial charge in [0.1, 0.15) is 16.3 Å². The first-order chi connectivity index (χ1) is 12.1. The standard InChI is InChI=1S/C19H28N2O4S/c1-19(2,3)25-18(23)21-11-15(10-16(21)17(26)20(4)5)24-12-13-6-8-14(22)9-7-13/h6-9,15-16,22H,10-12H2,1-5H3/t15-,16+/m1/s1. The minimum Gasteiger partial charge on any atom is -0.508 e. The van der Waals surface area contributed by atoms with E-state index >= 15 is 0 Å². The van der Waals surface area contributed by atoms with E-state index in [9.17, 15) is 9.90 Å². The molecule has 0 aliphatic carbocycles. The molecule has 1 aromatic carbocycles. The number of carbonyl (C=O) groups excluding carboxylic acids is 1. The monoisotopic (exact) mass is 380 g/mol. The number of aromatic hydroxyl groups is 1. The number of benzene rings is 1. The maximum atomic E-state index is 12.6. The smallest absolute Gasteiger partial charge is 0.410 e. The number of rotatable bonds is 4. The van der Waals surface area contributed by atoms with Crippen LogP contribution in [0.5, 0.6) is 5.75 Å². The van der Waals surface area contributed by atoms with Crippen molar-refractivity contribution in [3.05, 3.63) is 29.8 Å². The molecule has 0 radical (unpaired) electrons. The fourth-order valence-electron chi connectivity index (χ4n) is 2.78. The summed E-state index contributed by atoms with van der Waals surface area (Å²) in [5.74, 6) is 0.224. The zero-order valence-corrected chi connectivity index (χ0v) is 16.9. The number of phenolic OH excluding ortho intramolecular Hbond substituents is 1. The van der Waals surface area contributed by atoms with Crippen LogP contribution >= 0.6 is 12.2 Å². The van der Waals surface area contributed by atoms with Crippen LogP contribution in [0.1, 0.15) is 32.8 Å². The van der Waals surface area contributed by atoms with Crippen LogP contribution in [0.25, 0.3) is 0 Å². The summed E-state index contributed by atoms with van der Waals surface area (Å²) in [6.07, 6.45) is 0.135. The normalized spacial score (nSPS) is 20.1. The number of carbonyl (C=O) groups is 1. The Morgan fingerprint density at radius 1 is 1.31 bits per heavy atom. The number of thiocarbonyl (C=S) groups is 1. The summed E-state index contributed by atoms with van der Waals surface area (Å²) in [6.45, 7) is 6.39. The SMILES string of the molecule is CN(C)C(=S)[C@@H]1C[C@@H](OCc2ccc(O)cc2)CN1C(=O)OC(C)(C)C. The Morgan fingerprint density at radius 3 is 2.46 bits per heavy atom. The molecule has 26 heavy (non-hydrogen) atoms. The first-order valence-electron chi connectivity index (χ1n) is 8.67. The molecule has 1 saturated heterocycles. The summed E-state index contributed by atoms with van der Waals surface area (Å²) in [5.41, 5.74) is 0.400. The molecule has 2 rings (SSSR count). The minimum atomic E-state index is -0.563. The molecule has 1 fully saturated rings. The van der Waals surface area contributed by atoms with Crippen molar-refractivity contribution in [1.29, 1.82) is 0 Å². The molecule has 0 saturated carbocycles. The lowest BCUT2D eigenvalue weighted by atomic mass is 10.2. The molecule has 1 heterocycles. The fourth-order valence-corrected chi connectivity index (χ4v) is 3.00. The second-order valence-corrected chi connectivity index (χ2v) is 8.13. The molecule has 144 valence electrons. The number of phenols is 1. The van der Waals surface area contributed by atoms with Crippen molar-refractivity contribution in [2.75, 3.05) is 20.6 Å². The van der Waals surface area contributed by atoms with Crippen LogP contribution in [-0.2, 0) is 16.1 Å². The molecule has 1 aliphatic heterocycles. The molecule has 1 amide bonds. The molecule has 0 spiro atoms. The molecular formula is C19H28N2O4S. The minimum absolute atomic E-state index is 0.126. The Morgan fingerprint density at radius 2 is 1.92 bits per heavy atom. The van der Waals surface area contributed by atoms with Crippen molar-refractivity contribution in [2.24, 2.45) is 0 Å². The predicted octanol–water partition coefficient (Wildman–Crippen LogP) is 3.18. The number of likely N-dealkylation sites (tertiary alicyclic amines) is 1. The van der Waals surface area contributed by atoms with E-state index in [1.54, 1.807) is 17.0 Å². The highest BCUT2D eigenvalue weighted by Gasteiger charge is 2.40. The summed E-state index contributed by atoms with van der Waals surface area (Å²) in [7, 11) is 3.75. The lowest BCUT2D eigenvalue weighted by Crippen LogP contribution is -2.46. The van der Waals surface area contributed by atoms with E-state index in [0.29, 0.717) is 24.6 Å². The first kappa shape index (κ1) is 20.5. The Bertz CT molecular complexity index is 640. The van der Waals surface area contributed by atoms with E-state index < -0.39 is 5.60 Å². The third kappa shape index (κ3) is 5.57. The van der Waals surface area contributed by atoms with Gasteiger partial charge in [-0.25, -0.2) is 4.79 Å². The van der Waals surface area contributed by atoms with Gasteiger partial charge in [-0.15, -0.1) is 0 Å². The number of ether oxygens (including phenoxy) is 2. The number of amides is 1. The van der Waals surface area contributed by atoms with Gasteiger partial charge in [0, 0.05) is 20.5 Å². The highest BCUT2D eigenvalue weighted by Crippen LogP contribution is 2.26. The zero-order valence-electron chi connectivity index (χ0n) is 16.1. The van der Waals surface area contributed by atoms with Gasteiger partial charge in [-0.05, 0) is 38.5 Å². The topological polar surface area (TPSA) is 62.2 Å². The van der Waals surface area contributed by atoms with Crippen molar-refractivity contribution in [2.45, 2.75) is 51.5 Å². The summed E-state index contributed by atoms with van der Waals surface area (Å²) >= 11 is 5.51. The molecule has 0 unspecified atom stereocenters. The fraction of sp³-hybridized carbons (Fsp3) is 0.579. The van der Waals surface area contributed by atoms with Crippen molar-refractivity contribution in [3.63, 3.8) is 0 Å². The Labute approximate surface area is 160 Å². The Balaban J connectivity index is 2.04. The van der Waals surface area contributed by atoms with Crippen LogP contribution in [0.4, 0.5) is 4.79 Å². The molecule has 6 nitrogen and oxygen atoms in total. The number of hydrogen-bond donors (Lipinski definition) is 1. The maximum absolute atomic E-state index is 12.6. The van der Waals surface area contributed by atoms with E-state index in [0.717, 1.165) is 5.56 Å². The second-order valence-electron chi connectivity index (χ2n) is 7.72. The quantitative estimate of drug-likeness (QED) is 0.810. The van der Waals surface area contributed by atoms with Crippen LogP contribution in [0, 0.1) is 0 Å². The number of nitrogens with zero attached hydrogens (tertiary/aromatic N) is 2. The first-order valence-corrected chi connectivity index (χ1v) is 9.08.